The molecule has 4 rings (SSSR count). The molecule has 0 aromatic carbocycles. The first-order chi connectivity index (χ1) is 12.5. The number of rotatable bonds is 5. The van der Waals surface area contributed by atoms with E-state index in [0.29, 0.717) is 5.69 Å². The zero-order valence-corrected chi connectivity index (χ0v) is 14.9. The third kappa shape index (κ3) is 3.12. The molecule has 134 valence electrons. The summed E-state index contributed by atoms with van der Waals surface area (Å²) in [6, 6.07) is 6.11. The molecule has 3 aromatic heterocycles. The van der Waals surface area contributed by atoms with Crippen molar-refractivity contribution in [2.45, 2.75) is 19.8 Å². The van der Waals surface area contributed by atoms with E-state index in [1.54, 1.807) is 30.7 Å². The number of thiophene rings is 1. The highest BCUT2D eigenvalue weighted by Crippen LogP contribution is 2.29. The molecule has 0 spiro atoms. The second-order valence-corrected chi connectivity index (χ2v) is 7.26. The Kier molecular flexibility index (Phi) is 4.28. The van der Waals surface area contributed by atoms with Gasteiger partial charge in [0.1, 0.15) is 16.4 Å². The Hall–Kier alpha value is -2.61. The minimum Gasteiger partial charge on any atom is -0.356 e. The lowest BCUT2D eigenvalue weighted by Gasteiger charge is -2.31. The number of aromatic nitrogens is 3. The monoisotopic (exact) mass is 373 g/mol. The van der Waals surface area contributed by atoms with Gasteiger partial charge >= 0.3 is 0 Å². The van der Waals surface area contributed by atoms with E-state index in [2.05, 4.69) is 16.0 Å². The number of aryl methyl sites for hydroxylation is 1. The smallest absolute Gasteiger partial charge is 0.283 e. The molecule has 3 aromatic rings. The molecule has 0 bridgehead atoms. The van der Waals surface area contributed by atoms with E-state index in [1.165, 1.54) is 11.0 Å². The minimum atomic E-state index is -2.85. The van der Waals surface area contributed by atoms with Crippen LogP contribution in [0, 0.1) is 12.3 Å². The molecule has 0 radical (unpaired) electrons. The van der Waals surface area contributed by atoms with E-state index in [1.807, 2.05) is 18.2 Å². The number of halogens is 2. The van der Waals surface area contributed by atoms with Crippen LogP contribution in [0.3, 0.4) is 0 Å². The Morgan fingerprint density at radius 1 is 1.31 bits per heavy atom. The summed E-state index contributed by atoms with van der Waals surface area (Å²) in [7, 11) is 0. The lowest BCUT2D eigenvalue weighted by molar-refractivity contribution is 0.224. The van der Waals surface area contributed by atoms with Crippen LogP contribution in [0.1, 0.15) is 22.8 Å². The summed E-state index contributed by atoms with van der Waals surface area (Å²) in [6.45, 7) is 3.82. The summed E-state index contributed by atoms with van der Waals surface area (Å²) < 4.78 is 27.1. The molecule has 0 amide bonds. The molecule has 26 heavy (non-hydrogen) atoms. The van der Waals surface area contributed by atoms with E-state index < -0.39 is 12.1 Å². The lowest BCUT2D eigenvalue weighted by atomic mass is 10.2. The number of hydrogen-bond acceptors (Lipinski definition) is 5. The normalized spacial score (nSPS) is 14.5. The van der Waals surface area contributed by atoms with Crippen LogP contribution in [0.15, 0.2) is 24.4 Å². The minimum absolute atomic E-state index is 0.0342. The van der Waals surface area contributed by atoms with Crippen molar-refractivity contribution in [1.82, 2.24) is 14.5 Å². The Bertz CT molecular complexity index is 1000. The van der Waals surface area contributed by atoms with Crippen molar-refractivity contribution in [3.63, 3.8) is 0 Å². The third-order valence-electron chi connectivity index (χ3n) is 4.28. The maximum atomic E-state index is 12.8. The number of hydrogen-bond donors (Lipinski definition) is 1. The van der Waals surface area contributed by atoms with Crippen molar-refractivity contribution in [1.29, 1.82) is 5.41 Å². The fourth-order valence-electron chi connectivity index (χ4n) is 2.81. The lowest BCUT2D eigenvalue weighted by Crippen LogP contribution is -2.37. The number of imidazole rings is 1. The molecule has 1 aliphatic heterocycles. The Labute approximate surface area is 153 Å². The maximum Gasteiger partial charge on any atom is 0.283 e. The van der Waals surface area contributed by atoms with Crippen LogP contribution >= 0.6 is 11.3 Å². The summed E-state index contributed by atoms with van der Waals surface area (Å²) >= 11 is 1.55. The molecule has 1 N–H and O–H groups in total. The van der Waals surface area contributed by atoms with Crippen LogP contribution in [-0.2, 0) is 0 Å². The number of nitrogens with one attached hydrogen (secondary N) is 1. The van der Waals surface area contributed by atoms with Gasteiger partial charge < -0.3 is 9.47 Å². The van der Waals surface area contributed by atoms with E-state index in [0.717, 1.165) is 34.0 Å². The average molecular weight is 373 g/mol. The predicted octanol–water partition coefficient (Wildman–Crippen LogP) is 4.27. The second kappa shape index (κ2) is 6.60. The van der Waals surface area contributed by atoms with Gasteiger partial charge in [0.25, 0.3) is 6.43 Å². The molecule has 1 aliphatic rings. The number of fused-ring (bicyclic) bond motifs is 1. The maximum absolute atomic E-state index is 12.8. The van der Waals surface area contributed by atoms with Crippen LogP contribution < -0.4 is 4.90 Å². The van der Waals surface area contributed by atoms with Crippen LogP contribution in [0.5, 0.6) is 0 Å². The average Bonchev–Trinajstić information content (AvgIpc) is 3.12. The number of pyridine rings is 1. The highest BCUT2D eigenvalue weighted by Gasteiger charge is 2.19. The van der Waals surface area contributed by atoms with Crippen LogP contribution in [0.4, 0.5) is 14.6 Å². The van der Waals surface area contributed by atoms with Crippen molar-refractivity contribution < 1.29 is 8.78 Å². The summed E-state index contributed by atoms with van der Waals surface area (Å²) in [4.78, 5) is 12.9. The number of nitrogens with zero attached hydrogens (tertiary/aromatic N) is 4. The van der Waals surface area contributed by atoms with E-state index in [9.17, 15) is 8.78 Å². The molecule has 0 unspecified atom stereocenters. The Morgan fingerprint density at radius 3 is 2.81 bits per heavy atom. The molecular weight excluding hydrogens is 356 g/mol. The first-order valence-corrected chi connectivity index (χ1v) is 9.09. The zero-order chi connectivity index (χ0) is 18.3. The fourth-order valence-corrected chi connectivity index (χ4v) is 3.73. The second-order valence-electron chi connectivity index (χ2n) is 6.20. The first kappa shape index (κ1) is 16.8. The quantitative estimate of drug-likeness (QED) is 0.680. The van der Waals surface area contributed by atoms with Gasteiger partial charge in [-0.15, -0.1) is 11.3 Å². The standard InChI is InChI=1S/C18H17F2N5S/c1-11-10-25(17(22-11)15(21)16(19)20)8-5-13-9-12-3-4-14(23-18(12)26-13)24-6-2-7-24/h3-5,8-10,16,21H,2,6-7H2,1H3/b8-5+,21-15?. The van der Waals surface area contributed by atoms with Crippen molar-refractivity contribution in [3.8, 4) is 0 Å². The highest BCUT2D eigenvalue weighted by molar-refractivity contribution is 7.19. The predicted molar refractivity (Wildman–Crippen MR) is 101 cm³/mol. The fraction of sp³-hybridized carbons (Fsp3) is 0.278. The Morgan fingerprint density at radius 2 is 2.12 bits per heavy atom. The van der Waals surface area contributed by atoms with Crippen molar-refractivity contribution in [3.05, 3.63) is 40.8 Å². The zero-order valence-electron chi connectivity index (χ0n) is 14.1. The van der Waals surface area contributed by atoms with Gasteiger partial charge in [-0.25, -0.2) is 18.7 Å². The van der Waals surface area contributed by atoms with Crippen LogP contribution in [-0.4, -0.2) is 39.8 Å². The van der Waals surface area contributed by atoms with Crippen molar-refractivity contribution in [2.75, 3.05) is 18.0 Å². The van der Waals surface area contributed by atoms with Gasteiger partial charge in [0.2, 0.25) is 0 Å². The van der Waals surface area contributed by atoms with Gasteiger partial charge in [-0.05, 0) is 37.6 Å². The number of anilines is 1. The van der Waals surface area contributed by atoms with Gasteiger partial charge in [0.05, 0.1) is 5.69 Å². The third-order valence-corrected chi connectivity index (χ3v) is 5.29. The van der Waals surface area contributed by atoms with Gasteiger partial charge in [-0.3, -0.25) is 5.41 Å². The van der Waals surface area contributed by atoms with Gasteiger partial charge in [0, 0.05) is 35.7 Å². The van der Waals surface area contributed by atoms with Gasteiger partial charge in [-0.2, -0.15) is 0 Å². The number of alkyl halides is 2. The molecule has 1 fully saturated rings. The van der Waals surface area contributed by atoms with E-state index in [-0.39, 0.29) is 5.82 Å². The van der Waals surface area contributed by atoms with Crippen molar-refractivity contribution in [2.24, 2.45) is 0 Å². The molecule has 5 nitrogen and oxygen atoms in total. The van der Waals surface area contributed by atoms with Gasteiger partial charge in [-0.1, -0.05) is 0 Å². The van der Waals surface area contributed by atoms with Crippen LogP contribution in [0.25, 0.3) is 22.5 Å². The molecule has 0 aliphatic carbocycles. The summed E-state index contributed by atoms with van der Waals surface area (Å²) in [5.74, 6) is 0.965. The van der Waals surface area contributed by atoms with E-state index in [4.69, 9.17) is 10.4 Å². The molecule has 1 saturated heterocycles. The first-order valence-electron chi connectivity index (χ1n) is 8.27. The molecule has 0 saturated carbocycles. The summed E-state index contributed by atoms with van der Waals surface area (Å²) in [5, 5.41) is 8.57. The molecule has 0 atom stereocenters. The van der Waals surface area contributed by atoms with Gasteiger partial charge in [0.15, 0.2) is 5.82 Å². The summed E-state index contributed by atoms with van der Waals surface area (Å²) in [6.07, 6.45) is 3.48. The SMILES string of the molecule is Cc1cn(/C=C/c2cc3ccc(N4CCC4)nc3s2)c(C(=N)C(F)F)n1. The van der Waals surface area contributed by atoms with E-state index >= 15 is 0 Å². The Balaban J connectivity index is 1.62. The largest absolute Gasteiger partial charge is 0.356 e. The molecule has 8 heteroatoms. The van der Waals surface area contributed by atoms with Crippen LogP contribution in [0.2, 0.25) is 0 Å². The highest BCUT2D eigenvalue weighted by atomic mass is 32.1. The molecular formula is C18H17F2N5S. The summed E-state index contributed by atoms with van der Waals surface area (Å²) in [5.41, 5.74) is -0.188. The topological polar surface area (TPSA) is 57.8 Å². The molecule has 4 heterocycles. The van der Waals surface area contributed by atoms with Crippen molar-refractivity contribution >= 4 is 45.4 Å².